The van der Waals surface area contributed by atoms with Crippen LogP contribution in [0.5, 0.6) is 0 Å². The Morgan fingerprint density at radius 2 is 1.70 bits per heavy atom. The number of aryl methyl sites for hydroxylation is 1. The molecular weight excluding hydrogens is 457 g/mol. The number of carboxylic acid groups (broad SMARTS) is 1. The van der Waals surface area contributed by atoms with Crippen molar-refractivity contribution < 1.29 is 18.3 Å². The fraction of sp³-hybridized carbons (Fsp3) is 0.160. The van der Waals surface area contributed by atoms with Crippen LogP contribution in [0.3, 0.4) is 0 Å². The zero-order valence-electron chi connectivity index (χ0n) is 17.9. The molecule has 0 aromatic heterocycles. The summed E-state index contributed by atoms with van der Waals surface area (Å²) in [6.45, 7) is 1.87. The Labute approximate surface area is 199 Å². The third-order valence-electron chi connectivity index (χ3n) is 5.72. The third-order valence-corrected chi connectivity index (χ3v) is 7.84. The van der Waals surface area contributed by atoms with Crippen LogP contribution in [0, 0.1) is 6.92 Å². The lowest BCUT2D eigenvalue weighted by Crippen LogP contribution is -2.42. The van der Waals surface area contributed by atoms with Gasteiger partial charge in [-0.05, 0) is 48.7 Å². The average molecular weight is 478 g/mol. The summed E-state index contributed by atoms with van der Waals surface area (Å²) in [4.78, 5) is 12.3. The summed E-state index contributed by atoms with van der Waals surface area (Å²) in [6.07, 6.45) is 1.77. The summed E-state index contributed by atoms with van der Waals surface area (Å²) < 4.78 is 29.4. The molecule has 166 valence electrons. The lowest BCUT2D eigenvalue weighted by Gasteiger charge is -2.40. The molecule has 33 heavy (non-hydrogen) atoms. The Bertz CT molecular complexity index is 1340. The van der Waals surface area contributed by atoms with Crippen molar-refractivity contribution in [3.8, 4) is 0 Å². The van der Waals surface area contributed by atoms with Gasteiger partial charge in [-0.1, -0.05) is 77.2 Å². The molecule has 8 heteroatoms. The largest absolute Gasteiger partial charge is 0.478 e. The average Bonchev–Trinajstić information content (AvgIpc) is 2.78. The maximum Gasteiger partial charge on any atom is 0.333 e. The van der Waals surface area contributed by atoms with E-state index in [1.807, 2.05) is 6.92 Å². The van der Waals surface area contributed by atoms with E-state index in [0.717, 1.165) is 5.56 Å². The molecule has 3 aromatic rings. The maximum absolute atomic E-state index is 14.0. The normalized spacial score (nSPS) is 19.2. The van der Waals surface area contributed by atoms with E-state index in [4.69, 9.17) is 19.4 Å². The second-order valence-corrected chi connectivity index (χ2v) is 10.3. The molecule has 0 saturated carbocycles. The Kier molecular flexibility index (Phi) is 6.48. The molecule has 5 nitrogen and oxygen atoms in total. The van der Waals surface area contributed by atoms with Crippen LogP contribution in [0.1, 0.15) is 35.2 Å². The zero-order chi connectivity index (χ0) is 23.8. The van der Waals surface area contributed by atoms with Crippen molar-refractivity contribution in [2.24, 2.45) is 0 Å². The molecular formula is C25H21BClNO4S. The van der Waals surface area contributed by atoms with Gasteiger partial charge in [-0.2, -0.15) is 4.31 Å². The summed E-state index contributed by atoms with van der Waals surface area (Å²) >= 11 is 6.22. The molecule has 0 bridgehead atoms. The minimum absolute atomic E-state index is 0.0189. The van der Waals surface area contributed by atoms with Gasteiger partial charge in [0, 0.05) is 5.02 Å². The molecule has 1 heterocycles. The Morgan fingerprint density at radius 1 is 1.03 bits per heavy atom. The van der Waals surface area contributed by atoms with Gasteiger partial charge < -0.3 is 5.11 Å². The van der Waals surface area contributed by atoms with E-state index in [0.29, 0.717) is 21.6 Å². The van der Waals surface area contributed by atoms with Crippen LogP contribution in [-0.2, 0) is 14.8 Å². The monoisotopic (exact) mass is 477 g/mol. The zero-order valence-corrected chi connectivity index (χ0v) is 19.4. The first-order valence-electron chi connectivity index (χ1n) is 10.3. The van der Waals surface area contributed by atoms with Crippen molar-refractivity contribution in [1.82, 2.24) is 4.31 Å². The van der Waals surface area contributed by atoms with Crippen molar-refractivity contribution in [1.29, 1.82) is 0 Å². The quantitative estimate of drug-likeness (QED) is 0.555. The summed E-state index contributed by atoms with van der Waals surface area (Å²) in [6, 6.07) is 18.4. The molecule has 2 radical (unpaired) electrons. The molecule has 0 saturated heterocycles. The predicted molar refractivity (Wildman–Crippen MR) is 129 cm³/mol. The highest BCUT2D eigenvalue weighted by Crippen LogP contribution is 2.45. The van der Waals surface area contributed by atoms with E-state index in [9.17, 15) is 18.3 Å². The minimum atomic E-state index is -4.12. The van der Waals surface area contributed by atoms with Gasteiger partial charge in [-0.3, -0.25) is 0 Å². The molecule has 1 N–H and O–H groups in total. The lowest BCUT2D eigenvalue weighted by atomic mass is 9.86. The maximum atomic E-state index is 14.0. The van der Waals surface area contributed by atoms with E-state index in [1.54, 1.807) is 66.7 Å². The Hall–Kier alpha value is -2.87. The molecule has 0 fully saturated rings. The van der Waals surface area contributed by atoms with E-state index in [2.05, 4.69) is 0 Å². The number of carbonyl (C=O) groups is 1. The van der Waals surface area contributed by atoms with Crippen LogP contribution in [-0.4, -0.2) is 31.6 Å². The van der Waals surface area contributed by atoms with Crippen LogP contribution in [0.25, 0.3) is 0 Å². The summed E-state index contributed by atoms with van der Waals surface area (Å²) in [5.41, 5.74) is 2.46. The first-order valence-corrected chi connectivity index (χ1v) is 12.1. The first-order chi connectivity index (χ1) is 15.7. The van der Waals surface area contributed by atoms with Crippen LogP contribution in [0.15, 0.2) is 89.3 Å². The molecule has 2 atom stereocenters. The highest BCUT2D eigenvalue weighted by atomic mass is 35.5. The number of aliphatic carboxylic acids is 1. The second kappa shape index (κ2) is 9.18. The summed E-state index contributed by atoms with van der Waals surface area (Å²) in [7, 11) is 1.86. The van der Waals surface area contributed by atoms with Crippen LogP contribution in [0.4, 0.5) is 0 Å². The van der Waals surface area contributed by atoms with Crippen LogP contribution in [0.2, 0.25) is 5.02 Å². The first kappa shape index (κ1) is 23.3. The molecule has 3 aromatic carbocycles. The standard InChI is InChI=1S/C25H21BClNO4S/c1-16-8-10-21(11-9-16)33(31,32)28-23(17-4-3-7-20(27)15-17)13-12-22(25(29)30)24(28)18-5-2-6-19(26)14-18/h2-12,14-15,23-24H,13H2,1H3,(H,29,30)/t23?,24-/m0/s1. The Morgan fingerprint density at radius 3 is 2.33 bits per heavy atom. The van der Waals surface area contributed by atoms with Gasteiger partial charge in [0.25, 0.3) is 0 Å². The topological polar surface area (TPSA) is 74.7 Å². The fourth-order valence-corrected chi connectivity index (χ4v) is 6.14. The van der Waals surface area contributed by atoms with Gasteiger partial charge >= 0.3 is 5.97 Å². The third kappa shape index (κ3) is 4.62. The number of hydrogen-bond acceptors (Lipinski definition) is 3. The molecule has 4 rings (SSSR count). The van der Waals surface area contributed by atoms with Crippen molar-refractivity contribution in [2.45, 2.75) is 30.3 Å². The minimum Gasteiger partial charge on any atom is -0.478 e. The van der Waals surface area contributed by atoms with E-state index in [-0.39, 0.29) is 16.9 Å². The van der Waals surface area contributed by atoms with Crippen molar-refractivity contribution >= 4 is 40.9 Å². The number of nitrogens with zero attached hydrogens (tertiary/aromatic N) is 1. The number of carboxylic acids is 1. The van der Waals surface area contributed by atoms with Gasteiger partial charge in [0.15, 0.2) is 0 Å². The molecule has 0 aliphatic carbocycles. The summed E-state index contributed by atoms with van der Waals surface area (Å²) in [5.74, 6) is -1.18. The second-order valence-electron chi connectivity index (χ2n) is 7.99. The van der Waals surface area contributed by atoms with E-state index >= 15 is 0 Å². The van der Waals surface area contributed by atoms with Gasteiger partial charge in [-0.15, -0.1) is 0 Å². The van der Waals surface area contributed by atoms with Gasteiger partial charge in [0.05, 0.1) is 22.6 Å². The summed E-state index contributed by atoms with van der Waals surface area (Å²) in [5, 5.41) is 10.5. The number of halogens is 1. The molecule has 0 amide bonds. The van der Waals surface area contributed by atoms with Crippen molar-refractivity contribution in [3.63, 3.8) is 0 Å². The number of sulfonamides is 1. The highest BCUT2D eigenvalue weighted by molar-refractivity contribution is 7.89. The number of rotatable bonds is 5. The Balaban J connectivity index is 1.98. The van der Waals surface area contributed by atoms with E-state index in [1.165, 1.54) is 16.4 Å². The number of hydrogen-bond donors (Lipinski definition) is 1. The van der Waals surface area contributed by atoms with E-state index < -0.39 is 28.1 Å². The molecule has 0 spiro atoms. The SMILES string of the molecule is [B]c1cccc([C@H]2C(C(=O)O)=CCC(c3cccc(Cl)c3)N2S(=O)(=O)c2ccc(C)cc2)c1. The number of benzene rings is 3. The van der Waals surface area contributed by atoms with Gasteiger partial charge in [-0.25, -0.2) is 13.2 Å². The lowest BCUT2D eigenvalue weighted by molar-refractivity contribution is -0.133. The van der Waals surface area contributed by atoms with Crippen molar-refractivity contribution in [2.75, 3.05) is 0 Å². The van der Waals surface area contributed by atoms with Crippen molar-refractivity contribution in [3.05, 3.63) is 106 Å². The van der Waals surface area contributed by atoms with Gasteiger partial charge in [0.1, 0.15) is 7.85 Å². The molecule has 1 aliphatic rings. The predicted octanol–water partition coefficient (Wildman–Crippen LogP) is 4.33. The molecule has 1 aliphatic heterocycles. The van der Waals surface area contributed by atoms with Gasteiger partial charge in [0.2, 0.25) is 10.0 Å². The smallest absolute Gasteiger partial charge is 0.333 e. The highest BCUT2D eigenvalue weighted by Gasteiger charge is 2.44. The van der Waals surface area contributed by atoms with Crippen LogP contribution >= 0.6 is 11.6 Å². The van der Waals surface area contributed by atoms with Crippen LogP contribution < -0.4 is 5.46 Å². The molecule has 1 unspecified atom stereocenters. The fourth-order valence-electron chi connectivity index (χ4n) is 4.17.